The number of benzene rings is 2. The summed E-state index contributed by atoms with van der Waals surface area (Å²) in [5.74, 6) is -0.279. The molecular weight excluding hydrogens is 528 g/mol. The zero-order valence-corrected chi connectivity index (χ0v) is 23.8. The minimum absolute atomic E-state index is 0.0993. The maximum absolute atomic E-state index is 13.1. The van der Waals surface area contributed by atoms with Gasteiger partial charge in [0.15, 0.2) is 0 Å². The van der Waals surface area contributed by atoms with E-state index in [9.17, 15) is 19.2 Å². The predicted octanol–water partition coefficient (Wildman–Crippen LogP) is 4.09. The molecule has 1 spiro atoms. The van der Waals surface area contributed by atoms with E-state index >= 15 is 0 Å². The molecule has 40 heavy (non-hydrogen) atoms. The number of hydrogen-bond acceptors (Lipinski definition) is 5. The topological polar surface area (TPSA) is 98.8 Å². The molecule has 1 fully saturated rings. The summed E-state index contributed by atoms with van der Waals surface area (Å²) in [5, 5.41) is 6.31. The first-order valence-corrected chi connectivity index (χ1v) is 14.7. The van der Waals surface area contributed by atoms with Crippen molar-refractivity contribution in [3.05, 3.63) is 63.7 Å². The Morgan fingerprint density at radius 2 is 1.95 bits per heavy atom. The number of carbonyl (C=O) groups excluding carboxylic acids is 4. The number of anilines is 1. The second-order valence-electron chi connectivity index (χ2n) is 11.1. The molecule has 2 aromatic rings. The number of aryl methyl sites for hydroxylation is 1. The number of hydrogen-bond donors (Lipinski definition) is 2. The highest BCUT2D eigenvalue weighted by Crippen LogP contribution is 2.45. The summed E-state index contributed by atoms with van der Waals surface area (Å²) in [4.78, 5) is 53.5. The lowest BCUT2D eigenvalue weighted by atomic mass is 9.73. The number of carbonyl (C=O) groups is 4. The first-order chi connectivity index (χ1) is 19.4. The molecule has 9 heteroatoms. The Kier molecular flexibility index (Phi) is 8.57. The van der Waals surface area contributed by atoms with E-state index in [1.807, 2.05) is 30.3 Å². The van der Waals surface area contributed by atoms with Crippen LogP contribution >= 0.6 is 11.6 Å². The SMILES string of the molecule is CNC(=O)C(CCC=O)N1Cc2c(CCCCCN3CCC4(CC3)C(=O)Nc3cc(Cl)ccc34)cccc2C1=O. The van der Waals surface area contributed by atoms with Crippen LogP contribution in [0.1, 0.15) is 72.0 Å². The van der Waals surface area contributed by atoms with Gasteiger partial charge in [-0.05, 0) is 93.0 Å². The lowest BCUT2D eigenvalue weighted by molar-refractivity contribution is -0.125. The van der Waals surface area contributed by atoms with Crippen molar-refractivity contribution in [1.82, 2.24) is 15.1 Å². The molecule has 3 amide bonds. The molecule has 0 saturated carbocycles. The highest BCUT2D eigenvalue weighted by molar-refractivity contribution is 6.31. The molecule has 3 heterocycles. The summed E-state index contributed by atoms with van der Waals surface area (Å²) in [5.41, 5.74) is 4.34. The van der Waals surface area contributed by atoms with Crippen LogP contribution in [0, 0.1) is 0 Å². The number of likely N-dealkylation sites (N-methyl/N-ethyl adjacent to an activating group) is 1. The lowest BCUT2D eigenvalue weighted by Gasteiger charge is -2.38. The van der Waals surface area contributed by atoms with Crippen LogP contribution in [0.15, 0.2) is 36.4 Å². The highest BCUT2D eigenvalue weighted by Gasteiger charge is 2.48. The zero-order chi connectivity index (χ0) is 28.3. The van der Waals surface area contributed by atoms with Gasteiger partial charge in [-0.2, -0.15) is 0 Å². The molecule has 1 atom stereocenters. The van der Waals surface area contributed by atoms with E-state index in [0.29, 0.717) is 23.6 Å². The normalized spacial score (nSPS) is 18.4. The van der Waals surface area contributed by atoms with E-state index in [-0.39, 0.29) is 24.1 Å². The molecule has 0 aromatic heterocycles. The summed E-state index contributed by atoms with van der Waals surface area (Å²) in [6.45, 7) is 3.21. The number of aldehydes is 1. The van der Waals surface area contributed by atoms with Gasteiger partial charge in [-0.25, -0.2) is 0 Å². The van der Waals surface area contributed by atoms with Crippen LogP contribution in [-0.2, 0) is 32.8 Å². The van der Waals surface area contributed by atoms with Gasteiger partial charge in [0, 0.05) is 36.3 Å². The van der Waals surface area contributed by atoms with Crippen molar-refractivity contribution in [3.8, 4) is 0 Å². The molecule has 1 unspecified atom stereocenters. The minimum atomic E-state index is -0.645. The predicted molar refractivity (Wildman–Crippen MR) is 154 cm³/mol. The van der Waals surface area contributed by atoms with E-state index in [2.05, 4.69) is 21.6 Å². The molecule has 212 valence electrons. The number of amides is 3. The van der Waals surface area contributed by atoms with Crippen molar-refractivity contribution in [2.24, 2.45) is 0 Å². The standard InChI is InChI=1S/C31H37ClN4O4/c1-33-28(38)27(10-6-18-37)36-20-24-21(8-5-9-23(24)29(36)39)7-3-2-4-15-35-16-13-31(14-17-35)25-12-11-22(32)19-26(25)34-30(31)40/h5,8-9,11-12,18-19,27H,2-4,6-7,10,13-17,20H2,1H3,(H,33,38)(H,34,40). The molecular formula is C31H37ClN4O4. The number of nitrogens with one attached hydrogen (secondary N) is 2. The van der Waals surface area contributed by atoms with Crippen LogP contribution in [0.4, 0.5) is 5.69 Å². The second-order valence-corrected chi connectivity index (χ2v) is 11.6. The quantitative estimate of drug-likeness (QED) is 0.316. The third kappa shape index (κ3) is 5.39. The van der Waals surface area contributed by atoms with Crippen molar-refractivity contribution >= 4 is 41.3 Å². The summed E-state index contributed by atoms with van der Waals surface area (Å²) in [6, 6.07) is 10.9. The molecule has 3 aliphatic heterocycles. The van der Waals surface area contributed by atoms with Crippen molar-refractivity contribution < 1.29 is 19.2 Å². The Balaban J connectivity index is 1.11. The number of rotatable bonds is 11. The van der Waals surface area contributed by atoms with Gasteiger partial charge in [-0.3, -0.25) is 14.4 Å². The van der Waals surface area contributed by atoms with Gasteiger partial charge in [-0.1, -0.05) is 36.2 Å². The molecule has 0 aliphatic carbocycles. The van der Waals surface area contributed by atoms with Gasteiger partial charge in [0.25, 0.3) is 5.91 Å². The molecule has 1 saturated heterocycles. The van der Waals surface area contributed by atoms with Crippen LogP contribution in [0.2, 0.25) is 5.02 Å². The number of fused-ring (bicyclic) bond motifs is 3. The number of likely N-dealkylation sites (tertiary alicyclic amines) is 1. The maximum atomic E-state index is 13.1. The van der Waals surface area contributed by atoms with E-state index in [4.69, 9.17) is 11.6 Å². The molecule has 3 aliphatic rings. The van der Waals surface area contributed by atoms with Crippen LogP contribution in [0.25, 0.3) is 0 Å². The van der Waals surface area contributed by atoms with Crippen LogP contribution in [0.3, 0.4) is 0 Å². The average Bonchev–Trinajstić information content (AvgIpc) is 3.43. The molecule has 2 N–H and O–H groups in total. The van der Waals surface area contributed by atoms with Crippen LogP contribution in [-0.4, -0.2) is 66.5 Å². The largest absolute Gasteiger partial charge is 0.357 e. The number of halogens is 1. The summed E-state index contributed by atoms with van der Waals surface area (Å²) < 4.78 is 0. The lowest BCUT2D eigenvalue weighted by Crippen LogP contribution is -2.46. The van der Waals surface area contributed by atoms with Crippen molar-refractivity contribution in [1.29, 1.82) is 0 Å². The zero-order valence-electron chi connectivity index (χ0n) is 23.0. The first-order valence-electron chi connectivity index (χ1n) is 14.3. The van der Waals surface area contributed by atoms with Crippen LogP contribution < -0.4 is 10.6 Å². The molecule has 0 bridgehead atoms. The van der Waals surface area contributed by atoms with Crippen molar-refractivity contribution in [2.75, 3.05) is 32.0 Å². The van der Waals surface area contributed by atoms with Gasteiger partial charge in [0.05, 0.1) is 5.41 Å². The molecule has 8 nitrogen and oxygen atoms in total. The fraction of sp³-hybridized carbons (Fsp3) is 0.484. The van der Waals surface area contributed by atoms with Crippen LogP contribution in [0.5, 0.6) is 0 Å². The fourth-order valence-electron chi connectivity index (χ4n) is 6.61. The van der Waals surface area contributed by atoms with Gasteiger partial charge in [-0.15, -0.1) is 0 Å². The van der Waals surface area contributed by atoms with E-state index in [1.54, 1.807) is 11.9 Å². The maximum Gasteiger partial charge on any atom is 0.255 e. The van der Waals surface area contributed by atoms with E-state index < -0.39 is 11.5 Å². The Morgan fingerprint density at radius 1 is 1.15 bits per heavy atom. The van der Waals surface area contributed by atoms with E-state index in [0.717, 1.165) is 86.8 Å². The number of unbranched alkanes of at least 4 members (excludes halogenated alkanes) is 2. The monoisotopic (exact) mass is 564 g/mol. The van der Waals surface area contributed by atoms with Crippen molar-refractivity contribution in [2.45, 2.75) is 69.4 Å². The van der Waals surface area contributed by atoms with Gasteiger partial charge in [0.1, 0.15) is 12.3 Å². The fourth-order valence-corrected chi connectivity index (χ4v) is 6.78. The Hall–Kier alpha value is -3.23. The van der Waals surface area contributed by atoms with E-state index in [1.165, 1.54) is 0 Å². The highest BCUT2D eigenvalue weighted by atomic mass is 35.5. The Labute approximate surface area is 240 Å². The van der Waals surface area contributed by atoms with Crippen molar-refractivity contribution in [3.63, 3.8) is 0 Å². The summed E-state index contributed by atoms with van der Waals surface area (Å²) in [7, 11) is 1.55. The molecule has 5 rings (SSSR count). The molecule has 2 aromatic carbocycles. The minimum Gasteiger partial charge on any atom is -0.357 e. The number of piperidine rings is 1. The smallest absolute Gasteiger partial charge is 0.255 e. The van der Waals surface area contributed by atoms with Gasteiger partial charge in [0.2, 0.25) is 11.8 Å². The Morgan fingerprint density at radius 3 is 2.70 bits per heavy atom. The summed E-state index contributed by atoms with van der Waals surface area (Å²) >= 11 is 6.13. The average molecular weight is 565 g/mol. The number of nitrogens with zero attached hydrogens (tertiary/aromatic N) is 2. The first kappa shape index (κ1) is 28.3. The second kappa shape index (κ2) is 12.1. The van der Waals surface area contributed by atoms with Gasteiger partial charge >= 0.3 is 0 Å². The third-order valence-corrected chi connectivity index (χ3v) is 9.12. The Bertz CT molecular complexity index is 1300. The third-order valence-electron chi connectivity index (χ3n) is 8.89. The summed E-state index contributed by atoms with van der Waals surface area (Å²) in [6.07, 6.45) is 7.03. The van der Waals surface area contributed by atoms with Gasteiger partial charge < -0.3 is 25.2 Å². The molecule has 0 radical (unpaired) electrons.